The van der Waals surface area contributed by atoms with Crippen molar-refractivity contribution in [2.24, 2.45) is 0 Å². The summed E-state index contributed by atoms with van der Waals surface area (Å²) >= 11 is 4.87. The van der Waals surface area contributed by atoms with E-state index in [2.05, 4.69) is 46.7 Å². The average molecular weight is 328 g/mol. The zero-order valence-electron chi connectivity index (χ0n) is 9.54. The molecule has 0 bridgehead atoms. The molecule has 0 atom stereocenters. The van der Waals surface area contributed by atoms with E-state index < -0.39 is 0 Å². The fraction of sp³-hybridized carbons (Fsp3) is 0.444. The van der Waals surface area contributed by atoms with Crippen LogP contribution in [0.3, 0.4) is 0 Å². The molecule has 0 spiro atoms. The van der Waals surface area contributed by atoms with Crippen LogP contribution in [0.5, 0.6) is 0 Å². The van der Waals surface area contributed by atoms with Gasteiger partial charge in [-0.05, 0) is 51.0 Å². The van der Waals surface area contributed by atoms with Crippen molar-refractivity contribution in [2.45, 2.75) is 29.1 Å². The SMILES string of the molecule is CNc1ncc(Br)c(Sc2nnnn2C2CC2)n1. The average Bonchev–Trinajstić information content (AvgIpc) is 3.13. The summed E-state index contributed by atoms with van der Waals surface area (Å²) in [7, 11) is 1.78. The number of rotatable bonds is 4. The van der Waals surface area contributed by atoms with Crippen molar-refractivity contribution in [3.8, 4) is 0 Å². The van der Waals surface area contributed by atoms with Gasteiger partial charge in [0.25, 0.3) is 0 Å². The van der Waals surface area contributed by atoms with Crippen molar-refractivity contribution in [1.29, 1.82) is 0 Å². The van der Waals surface area contributed by atoms with Gasteiger partial charge in [-0.2, -0.15) is 0 Å². The lowest BCUT2D eigenvalue weighted by Gasteiger charge is -2.05. The first kappa shape index (κ1) is 11.8. The summed E-state index contributed by atoms with van der Waals surface area (Å²) in [5.74, 6) is 0.575. The van der Waals surface area contributed by atoms with Crippen LogP contribution in [0.2, 0.25) is 0 Å². The van der Waals surface area contributed by atoms with E-state index in [-0.39, 0.29) is 0 Å². The minimum absolute atomic E-state index is 0.451. The van der Waals surface area contributed by atoms with Gasteiger partial charge in [-0.1, -0.05) is 0 Å². The smallest absolute Gasteiger partial charge is 0.223 e. The summed E-state index contributed by atoms with van der Waals surface area (Å²) in [6, 6.07) is 0.451. The monoisotopic (exact) mass is 327 g/mol. The van der Waals surface area contributed by atoms with E-state index in [1.807, 2.05) is 4.68 Å². The number of aromatic nitrogens is 6. The summed E-state index contributed by atoms with van der Waals surface area (Å²) in [5.41, 5.74) is 0. The fourth-order valence-corrected chi connectivity index (χ4v) is 2.68. The van der Waals surface area contributed by atoms with Crippen LogP contribution in [0.15, 0.2) is 20.9 Å². The Morgan fingerprint density at radius 2 is 2.33 bits per heavy atom. The van der Waals surface area contributed by atoms with Crippen LogP contribution in [-0.4, -0.2) is 37.2 Å². The van der Waals surface area contributed by atoms with Gasteiger partial charge < -0.3 is 5.32 Å². The first-order valence-electron chi connectivity index (χ1n) is 5.44. The van der Waals surface area contributed by atoms with Crippen LogP contribution in [0.25, 0.3) is 0 Å². The van der Waals surface area contributed by atoms with Crippen LogP contribution in [0.4, 0.5) is 5.95 Å². The summed E-state index contributed by atoms with van der Waals surface area (Å²) in [6.45, 7) is 0. The highest BCUT2D eigenvalue weighted by Crippen LogP contribution is 2.38. The van der Waals surface area contributed by atoms with Gasteiger partial charge in [0.05, 0.1) is 10.5 Å². The standard InChI is InChI=1S/C9H10BrN7S/c1-11-8-12-4-6(10)7(13-8)18-9-14-15-16-17(9)5-2-3-5/h4-5H,2-3H2,1H3,(H,11,12,13). The summed E-state index contributed by atoms with van der Waals surface area (Å²) in [5, 5.41) is 16.2. The molecule has 7 nitrogen and oxygen atoms in total. The molecule has 2 heterocycles. The number of hydrogen-bond acceptors (Lipinski definition) is 7. The van der Waals surface area contributed by atoms with Gasteiger partial charge in [0.1, 0.15) is 5.03 Å². The van der Waals surface area contributed by atoms with Gasteiger partial charge >= 0.3 is 0 Å². The number of hydrogen-bond donors (Lipinski definition) is 1. The van der Waals surface area contributed by atoms with Crippen LogP contribution in [-0.2, 0) is 0 Å². The maximum atomic E-state index is 4.37. The first-order valence-corrected chi connectivity index (χ1v) is 7.05. The maximum Gasteiger partial charge on any atom is 0.223 e. The van der Waals surface area contributed by atoms with Crippen molar-refractivity contribution in [3.05, 3.63) is 10.7 Å². The molecule has 94 valence electrons. The van der Waals surface area contributed by atoms with E-state index in [1.165, 1.54) is 11.8 Å². The Morgan fingerprint density at radius 1 is 1.50 bits per heavy atom. The van der Waals surface area contributed by atoms with Gasteiger partial charge in [0.2, 0.25) is 11.1 Å². The molecule has 0 aromatic carbocycles. The number of anilines is 1. The lowest BCUT2D eigenvalue weighted by molar-refractivity contribution is 0.565. The zero-order valence-corrected chi connectivity index (χ0v) is 11.9. The molecule has 1 fully saturated rings. The third kappa shape index (κ3) is 2.32. The highest BCUT2D eigenvalue weighted by atomic mass is 79.9. The second-order valence-corrected chi connectivity index (χ2v) is 5.65. The molecule has 0 aliphatic heterocycles. The molecule has 1 aliphatic rings. The lowest BCUT2D eigenvalue weighted by Crippen LogP contribution is -2.00. The van der Waals surface area contributed by atoms with Crippen molar-refractivity contribution in [3.63, 3.8) is 0 Å². The van der Waals surface area contributed by atoms with E-state index in [9.17, 15) is 0 Å². The van der Waals surface area contributed by atoms with Gasteiger partial charge in [0.15, 0.2) is 0 Å². The number of tetrazole rings is 1. The van der Waals surface area contributed by atoms with Crippen LogP contribution in [0.1, 0.15) is 18.9 Å². The highest BCUT2D eigenvalue weighted by molar-refractivity contribution is 9.10. The summed E-state index contributed by atoms with van der Waals surface area (Å²) < 4.78 is 2.69. The minimum Gasteiger partial charge on any atom is -0.357 e. The van der Waals surface area contributed by atoms with E-state index in [4.69, 9.17) is 0 Å². The lowest BCUT2D eigenvalue weighted by atomic mass is 10.7. The molecule has 0 radical (unpaired) electrons. The third-order valence-electron chi connectivity index (χ3n) is 2.48. The molecule has 9 heteroatoms. The first-order chi connectivity index (χ1) is 8.78. The van der Waals surface area contributed by atoms with E-state index in [1.54, 1.807) is 13.2 Å². The summed E-state index contributed by atoms with van der Waals surface area (Å²) in [6.07, 6.45) is 4.00. The summed E-state index contributed by atoms with van der Waals surface area (Å²) in [4.78, 5) is 8.49. The Hall–Kier alpha value is -1.22. The Labute approximate surface area is 116 Å². The molecule has 0 amide bonds. The van der Waals surface area contributed by atoms with Gasteiger partial charge in [0, 0.05) is 13.2 Å². The Balaban J connectivity index is 1.89. The highest BCUT2D eigenvalue weighted by Gasteiger charge is 2.28. The number of nitrogens with zero attached hydrogens (tertiary/aromatic N) is 6. The molecular weight excluding hydrogens is 318 g/mol. The molecule has 1 N–H and O–H groups in total. The fourth-order valence-electron chi connectivity index (χ4n) is 1.43. The topological polar surface area (TPSA) is 81.4 Å². The molecule has 18 heavy (non-hydrogen) atoms. The Kier molecular flexibility index (Phi) is 3.16. The third-order valence-corrected chi connectivity index (χ3v) is 4.28. The van der Waals surface area contributed by atoms with Gasteiger partial charge in [-0.25, -0.2) is 14.6 Å². The Bertz CT molecular complexity index is 568. The van der Waals surface area contributed by atoms with E-state index >= 15 is 0 Å². The van der Waals surface area contributed by atoms with Crippen molar-refractivity contribution < 1.29 is 0 Å². The van der Waals surface area contributed by atoms with E-state index in [0.29, 0.717) is 12.0 Å². The predicted molar refractivity (Wildman–Crippen MR) is 69.5 cm³/mol. The minimum atomic E-state index is 0.451. The molecule has 3 rings (SSSR count). The molecule has 0 saturated heterocycles. The van der Waals surface area contributed by atoms with Crippen molar-refractivity contribution in [2.75, 3.05) is 12.4 Å². The largest absolute Gasteiger partial charge is 0.357 e. The maximum absolute atomic E-state index is 4.37. The number of halogens is 1. The van der Waals surface area contributed by atoms with Crippen molar-refractivity contribution in [1.82, 2.24) is 30.2 Å². The van der Waals surface area contributed by atoms with Crippen molar-refractivity contribution >= 4 is 33.6 Å². The van der Waals surface area contributed by atoms with Crippen LogP contribution in [0, 0.1) is 0 Å². The predicted octanol–water partition coefficient (Wildman–Crippen LogP) is 1.75. The molecule has 2 aromatic rings. The molecule has 2 aromatic heterocycles. The molecule has 0 unspecified atom stereocenters. The van der Waals surface area contributed by atoms with Gasteiger partial charge in [-0.3, -0.25) is 0 Å². The quantitative estimate of drug-likeness (QED) is 0.856. The van der Waals surface area contributed by atoms with Gasteiger partial charge in [-0.15, -0.1) is 5.10 Å². The van der Waals surface area contributed by atoms with Crippen LogP contribution >= 0.6 is 27.7 Å². The van der Waals surface area contributed by atoms with Crippen LogP contribution < -0.4 is 5.32 Å². The zero-order chi connectivity index (χ0) is 12.5. The second kappa shape index (κ2) is 4.81. The normalized spacial score (nSPS) is 14.8. The second-order valence-electron chi connectivity index (χ2n) is 3.84. The molecule has 1 aliphatic carbocycles. The van der Waals surface area contributed by atoms with E-state index in [0.717, 1.165) is 27.5 Å². The molecule has 1 saturated carbocycles. The number of nitrogens with one attached hydrogen (secondary N) is 1. The molecular formula is C9H10BrN7S. The Morgan fingerprint density at radius 3 is 3.06 bits per heavy atom.